The van der Waals surface area contributed by atoms with E-state index in [0.29, 0.717) is 9.35 Å². The fourth-order valence-electron chi connectivity index (χ4n) is 2.77. The molecule has 0 aliphatic heterocycles. The highest BCUT2D eigenvalue weighted by molar-refractivity contribution is 14.1. The van der Waals surface area contributed by atoms with Gasteiger partial charge in [-0.25, -0.2) is 17.4 Å². The first-order valence-corrected chi connectivity index (χ1v) is 9.74. The number of hydrogen-bond donors (Lipinski definition) is 1. The third-order valence-corrected chi connectivity index (χ3v) is 6.86. The van der Waals surface area contributed by atoms with Crippen LogP contribution in [0.15, 0.2) is 41.4 Å². The Morgan fingerprint density at radius 2 is 1.83 bits per heavy atom. The van der Waals surface area contributed by atoms with E-state index in [-0.39, 0.29) is 4.90 Å². The van der Waals surface area contributed by atoms with Crippen LogP contribution in [0.5, 0.6) is 0 Å². The quantitative estimate of drug-likeness (QED) is 0.473. The van der Waals surface area contributed by atoms with E-state index in [1.807, 2.05) is 42.5 Å². The van der Waals surface area contributed by atoms with E-state index in [9.17, 15) is 8.42 Å². The van der Waals surface area contributed by atoms with Crippen molar-refractivity contribution in [3.8, 4) is 0 Å². The Morgan fingerprint density at radius 1 is 1.12 bits per heavy atom. The zero-order valence-electron chi connectivity index (χ0n) is 12.9. The summed E-state index contributed by atoms with van der Waals surface area (Å²) < 4.78 is 28.1. The monoisotopic (exact) mass is 452 g/mol. The maximum Gasteiger partial charge on any atom is 0.270 e. The molecule has 0 saturated heterocycles. The summed E-state index contributed by atoms with van der Waals surface area (Å²) in [5.74, 6) is 0. The third kappa shape index (κ3) is 2.16. The molecular formula is C16H13IN4O2S. The fourth-order valence-corrected chi connectivity index (χ4v) is 5.43. The Labute approximate surface area is 152 Å². The van der Waals surface area contributed by atoms with E-state index >= 15 is 0 Å². The van der Waals surface area contributed by atoms with E-state index in [1.165, 1.54) is 3.97 Å². The summed E-state index contributed by atoms with van der Waals surface area (Å²) in [4.78, 5) is 4.77. The molecule has 0 aliphatic rings. The number of nitrogens with zero attached hydrogens (tertiary/aromatic N) is 3. The number of benzene rings is 1. The Morgan fingerprint density at radius 3 is 2.54 bits per heavy atom. The second-order valence-corrected chi connectivity index (χ2v) is 8.53. The molecule has 6 nitrogen and oxygen atoms in total. The average molecular weight is 452 g/mol. The van der Waals surface area contributed by atoms with Gasteiger partial charge in [-0.3, -0.25) is 5.10 Å². The van der Waals surface area contributed by atoms with Crippen LogP contribution in [0.3, 0.4) is 0 Å². The van der Waals surface area contributed by atoms with Crippen molar-refractivity contribution in [2.24, 2.45) is 0 Å². The van der Waals surface area contributed by atoms with E-state index in [0.717, 1.165) is 27.5 Å². The average Bonchev–Trinajstić information content (AvgIpc) is 3.12. The van der Waals surface area contributed by atoms with Crippen molar-refractivity contribution in [3.63, 3.8) is 0 Å². The molecule has 0 saturated carbocycles. The Balaban J connectivity index is 2.08. The molecule has 1 aromatic carbocycles. The lowest BCUT2D eigenvalue weighted by atomic mass is 10.2. The van der Waals surface area contributed by atoms with Crippen LogP contribution in [0.4, 0.5) is 0 Å². The zero-order chi connectivity index (χ0) is 17.1. The minimum atomic E-state index is -3.73. The fraction of sp³-hybridized carbons (Fsp3) is 0.125. The molecule has 3 heterocycles. The minimum absolute atomic E-state index is 0.243. The number of rotatable bonds is 2. The highest BCUT2D eigenvalue weighted by atomic mass is 127. The lowest BCUT2D eigenvalue weighted by Crippen LogP contribution is -2.15. The number of halogens is 1. The largest absolute Gasteiger partial charge is 0.277 e. The van der Waals surface area contributed by atoms with Crippen LogP contribution in [-0.4, -0.2) is 27.6 Å². The van der Waals surface area contributed by atoms with Crippen molar-refractivity contribution < 1.29 is 8.42 Å². The van der Waals surface area contributed by atoms with Crippen LogP contribution < -0.4 is 0 Å². The van der Waals surface area contributed by atoms with Crippen LogP contribution in [0.2, 0.25) is 0 Å². The van der Waals surface area contributed by atoms with Gasteiger partial charge in [-0.1, -0.05) is 17.7 Å². The molecule has 4 rings (SSSR count). The zero-order valence-corrected chi connectivity index (χ0v) is 15.9. The van der Waals surface area contributed by atoms with Crippen LogP contribution in [0, 0.1) is 17.5 Å². The number of nitrogens with one attached hydrogen (secondary N) is 1. The van der Waals surface area contributed by atoms with Gasteiger partial charge in [-0.2, -0.15) is 5.10 Å². The second-order valence-electron chi connectivity index (χ2n) is 5.64. The molecule has 0 bridgehead atoms. The number of aromatic nitrogens is 4. The van der Waals surface area contributed by atoms with Gasteiger partial charge in [0.05, 0.1) is 26.0 Å². The molecule has 8 heteroatoms. The van der Waals surface area contributed by atoms with Crippen molar-refractivity contribution in [2.45, 2.75) is 18.7 Å². The van der Waals surface area contributed by atoms with Crippen molar-refractivity contribution in [1.82, 2.24) is 19.2 Å². The molecule has 0 unspecified atom stereocenters. The van der Waals surface area contributed by atoms with Crippen LogP contribution in [0.25, 0.3) is 21.9 Å². The summed E-state index contributed by atoms with van der Waals surface area (Å²) >= 11 is 2.02. The number of fused-ring (bicyclic) bond motifs is 3. The molecule has 0 fully saturated rings. The maximum atomic E-state index is 13.1. The standard InChI is InChI=1S/C16H13IN4O2S/c1-9-3-5-11(6-4-9)24(22,23)21-14(17)7-12-15-13(8-18-20-15)10(2)19-16(12)21/h3-8H,1-2H3,(H,18,20). The molecule has 3 aromatic heterocycles. The SMILES string of the molecule is Cc1ccc(S(=O)(=O)n2c(I)cc3c4[nH]ncc4c(C)nc32)cc1. The first-order valence-electron chi connectivity index (χ1n) is 7.22. The Kier molecular flexibility index (Phi) is 3.43. The van der Waals surface area contributed by atoms with Gasteiger partial charge in [-0.15, -0.1) is 0 Å². The number of pyridine rings is 1. The second kappa shape index (κ2) is 5.28. The van der Waals surface area contributed by atoms with Gasteiger partial charge in [-0.05, 0) is 54.6 Å². The van der Waals surface area contributed by atoms with Crippen molar-refractivity contribution >= 4 is 54.6 Å². The summed E-state index contributed by atoms with van der Waals surface area (Å²) in [5, 5.41) is 8.63. The maximum absolute atomic E-state index is 13.1. The first-order chi connectivity index (χ1) is 11.4. The molecule has 0 radical (unpaired) electrons. The van der Waals surface area contributed by atoms with E-state index in [2.05, 4.69) is 15.2 Å². The van der Waals surface area contributed by atoms with Gasteiger partial charge in [0.25, 0.3) is 10.0 Å². The molecule has 0 atom stereocenters. The van der Waals surface area contributed by atoms with Crippen molar-refractivity contribution in [1.29, 1.82) is 0 Å². The minimum Gasteiger partial charge on any atom is -0.277 e. The first kappa shape index (κ1) is 15.6. The molecule has 24 heavy (non-hydrogen) atoms. The summed E-state index contributed by atoms with van der Waals surface area (Å²) in [6, 6.07) is 8.63. The molecule has 0 spiro atoms. The predicted octanol–water partition coefficient (Wildman–Crippen LogP) is 3.37. The van der Waals surface area contributed by atoms with Gasteiger partial charge in [0.1, 0.15) is 0 Å². The van der Waals surface area contributed by atoms with Gasteiger partial charge >= 0.3 is 0 Å². The summed E-state index contributed by atoms with van der Waals surface area (Å²) in [7, 11) is -3.73. The smallest absolute Gasteiger partial charge is 0.270 e. The predicted molar refractivity (Wildman–Crippen MR) is 101 cm³/mol. The lowest BCUT2D eigenvalue weighted by Gasteiger charge is -2.09. The van der Waals surface area contributed by atoms with Crippen LogP contribution in [0.1, 0.15) is 11.3 Å². The molecule has 0 aliphatic carbocycles. The normalized spacial score (nSPS) is 12.3. The van der Waals surface area contributed by atoms with E-state index < -0.39 is 10.0 Å². The Bertz CT molecular complexity index is 1190. The summed E-state index contributed by atoms with van der Waals surface area (Å²) in [5.41, 5.74) is 2.96. The van der Waals surface area contributed by atoms with Gasteiger partial charge in [0.2, 0.25) is 0 Å². The number of aryl methyl sites for hydroxylation is 2. The molecule has 4 aromatic rings. The molecule has 122 valence electrons. The van der Waals surface area contributed by atoms with Gasteiger partial charge in [0.15, 0.2) is 5.65 Å². The number of aromatic amines is 1. The lowest BCUT2D eigenvalue weighted by molar-refractivity contribution is 0.588. The Hall–Kier alpha value is -1.94. The molecule has 1 N–H and O–H groups in total. The van der Waals surface area contributed by atoms with Crippen LogP contribution in [-0.2, 0) is 10.0 Å². The van der Waals surface area contributed by atoms with Gasteiger partial charge < -0.3 is 0 Å². The summed E-state index contributed by atoms with van der Waals surface area (Å²) in [6.45, 7) is 3.77. The van der Waals surface area contributed by atoms with Crippen LogP contribution >= 0.6 is 22.6 Å². The van der Waals surface area contributed by atoms with Crippen molar-refractivity contribution in [2.75, 3.05) is 0 Å². The van der Waals surface area contributed by atoms with E-state index in [4.69, 9.17) is 0 Å². The molecular weight excluding hydrogens is 439 g/mol. The number of H-pyrrole nitrogens is 1. The highest BCUT2D eigenvalue weighted by Gasteiger charge is 2.24. The number of hydrogen-bond acceptors (Lipinski definition) is 4. The van der Waals surface area contributed by atoms with Gasteiger partial charge in [0, 0.05) is 10.8 Å². The van der Waals surface area contributed by atoms with E-state index in [1.54, 1.807) is 30.5 Å². The third-order valence-electron chi connectivity index (χ3n) is 4.02. The molecule has 0 amide bonds. The topological polar surface area (TPSA) is 80.6 Å². The van der Waals surface area contributed by atoms with Crippen molar-refractivity contribution in [3.05, 3.63) is 51.5 Å². The highest BCUT2D eigenvalue weighted by Crippen LogP contribution is 2.30. The summed E-state index contributed by atoms with van der Waals surface area (Å²) in [6.07, 6.45) is 1.70.